The summed E-state index contributed by atoms with van der Waals surface area (Å²) in [7, 11) is 0. The van der Waals surface area contributed by atoms with Crippen LogP contribution in [0.1, 0.15) is 50.1 Å². The van der Waals surface area contributed by atoms with Gasteiger partial charge in [-0.05, 0) is 38.2 Å². The normalized spacial score (nSPS) is 41.4. The molecule has 0 spiro atoms. The summed E-state index contributed by atoms with van der Waals surface area (Å²) in [5.74, 6) is 1.09. The van der Waals surface area contributed by atoms with Crippen LogP contribution in [0.2, 0.25) is 0 Å². The van der Waals surface area contributed by atoms with Gasteiger partial charge in [-0.1, -0.05) is 18.2 Å². The van der Waals surface area contributed by atoms with Crippen molar-refractivity contribution in [2.24, 2.45) is 5.41 Å². The van der Waals surface area contributed by atoms with E-state index in [9.17, 15) is 9.18 Å². The maximum Gasteiger partial charge on any atom is 0.229 e. The smallest absolute Gasteiger partial charge is 0.229 e. The maximum atomic E-state index is 14.5. The molecule has 0 radical (unpaired) electrons. The molecule has 4 heteroatoms. The van der Waals surface area contributed by atoms with Crippen molar-refractivity contribution in [3.8, 4) is 5.75 Å². The molecule has 2 heterocycles. The number of rotatable bonds is 1. The first-order valence-electron chi connectivity index (χ1n) is 8.34. The maximum absolute atomic E-state index is 14.5. The lowest BCUT2D eigenvalue weighted by Crippen LogP contribution is -2.41. The van der Waals surface area contributed by atoms with E-state index < -0.39 is 11.1 Å². The van der Waals surface area contributed by atoms with Crippen LogP contribution >= 0.6 is 0 Å². The van der Waals surface area contributed by atoms with E-state index in [2.05, 4.69) is 6.07 Å². The molecule has 2 aliphatic heterocycles. The van der Waals surface area contributed by atoms with Crippen LogP contribution in [0.15, 0.2) is 24.3 Å². The van der Waals surface area contributed by atoms with E-state index in [-0.39, 0.29) is 18.1 Å². The van der Waals surface area contributed by atoms with Crippen LogP contribution in [0.3, 0.4) is 0 Å². The first kappa shape index (κ1) is 12.9. The van der Waals surface area contributed by atoms with Gasteiger partial charge in [0, 0.05) is 12.0 Å². The summed E-state index contributed by atoms with van der Waals surface area (Å²) in [6.45, 7) is 0.652. The summed E-state index contributed by atoms with van der Waals surface area (Å²) in [4.78, 5) is 15.2. The Labute approximate surface area is 129 Å². The fourth-order valence-electron chi connectivity index (χ4n) is 5.18. The van der Waals surface area contributed by atoms with Crippen LogP contribution < -0.4 is 4.74 Å². The fraction of sp³-hybridized carbons (Fsp3) is 0.611. The van der Waals surface area contributed by atoms with Crippen LogP contribution in [-0.2, 0) is 4.79 Å². The fourth-order valence-corrected chi connectivity index (χ4v) is 5.18. The Kier molecular flexibility index (Phi) is 2.37. The van der Waals surface area contributed by atoms with E-state index in [1.165, 1.54) is 0 Å². The number of carbonyl (C=O) groups excluding carboxylic acids is 1. The Morgan fingerprint density at radius 3 is 2.73 bits per heavy atom. The minimum absolute atomic E-state index is 0.0955. The van der Waals surface area contributed by atoms with Gasteiger partial charge in [0.2, 0.25) is 5.91 Å². The van der Waals surface area contributed by atoms with E-state index in [4.69, 9.17) is 4.74 Å². The van der Waals surface area contributed by atoms with Crippen molar-refractivity contribution in [1.82, 2.24) is 4.90 Å². The van der Waals surface area contributed by atoms with Crippen LogP contribution in [0.4, 0.5) is 4.39 Å². The third-order valence-electron chi connectivity index (χ3n) is 6.31. The van der Waals surface area contributed by atoms with Gasteiger partial charge in [-0.3, -0.25) is 4.79 Å². The molecule has 2 aliphatic carbocycles. The van der Waals surface area contributed by atoms with E-state index in [1.54, 1.807) is 0 Å². The largest absolute Gasteiger partial charge is 0.488 e. The standard InChI is InChI=1S/C18H20FNO2/c19-18-7-5-17(11-18,6-8-18)16(21)20-10-12-9-14(20)13-3-1-2-4-15(13)22-12/h1-4,12,14H,5-11H2/t12-,14-,17?,18?/m0/s1. The van der Waals surface area contributed by atoms with Gasteiger partial charge in [-0.15, -0.1) is 0 Å². The number of nitrogens with zero attached hydrogens (tertiary/aromatic N) is 1. The quantitative estimate of drug-likeness (QED) is 0.795. The van der Waals surface area contributed by atoms with Gasteiger partial charge in [0.25, 0.3) is 0 Å². The first-order valence-corrected chi connectivity index (χ1v) is 8.34. The molecule has 3 fully saturated rings. The molecule has 1 amide bonds. The van der Waals surface area contributed by atoms with Gasteiger partial charge >= 0.3 is 0 Å². The average molecular weight is 301 g/mol. The zero-order chi connectivity index (χ0) is 14.9. The molecule has 116 valence electrons. The van der Waals surface area contributed by atoms with Crippen molar-refractivity contribution in [2.75, 3.05) is 6.54 Å². The number of carbonyl (C=O) groups is 1. The number of ether oxygens (including phenoxy) is 1. The Bertz CT molecular complexity index is 650. The lowest BCUT2D eigenvalue weighted by Gasteiger charge is -2.33. The van der Waals surface area contributed by atoms with E-state index in [0.29, 0.717) is 25.8 Å². The molecule has 5 rings (SSSR count). The minimum atomic E-state index is -1.07. The van der Waals surface area contributed by atoms with Gasteiger partial charge in [-0.25, -0.2) is 4.39 Å². The summed E-state index contributed by atoms with van der Waals surface area (Å²) < 4.78 is 20.5. The zero-order valence-electron chi connectivity index (χ0n) is 12.6. The molecule has 22 heavy (non-hydrogen) atoms. The van der Waals surface area contributed by atoms with Crippen molar-refractivity contribution in [1.29, 1.82) is 0 Å². The molecule has 0 aromatic heterocycles. The van der Waals surface area contributed by atoms with Gasteiger partial charge in [0.15, 0.2) is 0 Å². The molecule has 1 saturated heterocycles. The highest BCUT2D eigenvalue weighted by Crippen LogP contribution is 2.60. The number of para-hydroxylation sites is 1. The molecule has 0 unspecified atom stereocenters. The highest BCUT2D eigenvalue weighted by Gasteiger charge is 2.61. The predicted octanol–water partition coefficient (Wildman–Crippen LogP) is 3.39. The van der Waals surface area contributed by atoms with Crippen LogP contribution in [0, 0.1) is 5.41 Å². The molecule has 4 aliphatic rings. The number of likely N-dealkylation sites (tertiary alicyclic amines) is 1. The Hall–Kier alpha value is -1.58. The number of hydrogen-bond acceptors (Lipinski definition) is 2. The van der Waals surface area contributed by atoms with E-state index in [0.717, 1.165) is 30.6 Å². The van der Waals surface area contributed by atoms with Crippen molar-refractivity contribution in [3.05, 3.63) is 29.8 Å². The lowest BCUT2D eigenvalue weighted by atomic mass is 9.82. The summed E-state index contributed by atoms with van der Waals surface area (Å²) >= 11 is 0. The van der Waals surface area contributed by atoms with Crippen molar-refractivity contribution >= 4 is 5.91 Å². The second kappa shape index (κ2) is 4.03. The van der Waals surface area contributed by atoms with Gasteiger partial charge in [0.1, 0.15) is 17.5 Å². The second-order valence-corrected chi connectivity index (χ2v) is 7.59. The van der Waals surface area contributed by atoms with Crippen LogP contribution in [0.5, 0.6) is 5.75 Å². The van der Waals surface area contributed by atoms with Crippen molar-refractivity contribution < 1.29 is 13.9 Å². The first-order chi connectivity index (χ1) is 10.6. The number of amides is 1. The molecule has 1 aromatic rings. The number of benzene rings is 1. The van der Waals surface area contributed by atoms with Crippen LogP contribution in [0.25, 0.3) is 0 Å². The monoisotopic (exact) mass is 301 g/mol. The number of halogens is 1. The molecule has 3 nitrogen and oxygen atoms in total. The number of alkyl halides is 1. The van der Waals surface area contributed by atoms with Gasteiger partial charge < -0.3 is 9.64 Å². The topological polar surface area (TPSA) is 29.5 Å². The SMILES string of the molecule is O=C(N1C[C@@H]2C[C@H]1c1ccccc1O2)C12CCC(F)(CC1)C2. The van der Waals surface area contributed by atoms with Gasteiger partial charge in [0.05, 0.1) is 18.0 Å². The summed E-state index contributed by atoms with van der Waals surface area (Å²) in [6.07, 6.45) is 3.98. The summed E-state index contributed by atoms with van der Waals surface area (Å²) in [5.41, 5.74) is -0.386. The molecule has 1 aromatic carbocycles. The predicted molar refractivity (Wildman–Crippen MR) is 79.3 cm³/mol. The molecule has 2 saturated carbocycles. The second-order valence-electron chi connectivity index (χ2n) is 7.59. The zero-order valence-corrected chi connectivity index (χ0v) is 12.6. The van der Waals surface area contributed by atoms with Crippen molar-refractivity contribution in [3.63, 3.8) is 0 Å². The van der Waals surface area contributed by atoms with Gasteiger partial charge in [-0.2, -0.15) is 0 Å². The van der Waals surface area contributed by atoms with E-state index >= 15 is 0 Å². The summed E-state index contributed by atoms with van der Waals surface area (Å²) in [5, 5.41) is 0. The average Bonchev–Trinajstić information content (AvgIpc) is 3.16. The molecule has 4 bridgehead atoms. The Morgan fingerprint density at radius 2 is 2.00 bits per heavy atom. The Balaban J connectivity index is 1.49. The lowest BCUT2D eigenvalue weighted by molar-refractivity contribution is -0.142. The molecule has 0 N–H and O–H groups in total. The highest BCUT2D eigenvalue weighted by molar-refractivity contribution is 5.85. The molecular weight excluding hydrogens is 281 g/mol. The number of fused-ring (bicyclic) bond motifs is 6. The van der Waals surface area contributed by atoms with Crippen molar-refractivity contribution in [2.45, 2.75) is 56.3 Å². The third-order valence-corrected chi connectivity index (χ3v) is 6.31. The minimum Gasteiger partial charge on any atom is -0.488 e. The molecular formula is C18H20FNO2. The molecule has 2 atom stereocenters. The van der Waals surface area contributed by atoms with E-state index in [1.807, 2.05) is 23.1 Å². The van der Waals surface area contributed by atoms with Crippen LogP contribution in [-0.4, -0.2) is 29.1 Å². The summed E-state index contributed by atoms with van der Waals surface area (Å²) in [6, 6.07) is 8.13. The third kappa shape index (κ3) is 1.58. The highest BCUT2D eigenvalue weighted by atomic mass is 19.1. The number of hydrogen-bond donors (Lipinski definition) is 0. The Morgan fingerprint density at radius 1 is 1.23 bits per heavy atom.